The van der Waals surface area contributed by atoms with Crippen molar-refractivity contribution in [2.45, 2.75) is 45.6 Å². The Balaban J connectivity index is 1.76. The highest BCUT2D eigenvalue weighted by molar-refractivity contribution is 5.86. The average molecular weight is 283 g/mol. The van der Waals surface area contributed by atoms with E-state index < -0.39 is 11.9 Å². The molecule has 1 saturated heterocycles. The minimum atomic E-state index is -0.829. The van der Waals surface area contributed by atoms with E-state index in [1.807, 2.05) is 4.90 Å². The topological polar surface area (TPSA) is 66.8 Å². The molecule has 1 aliphatic carbocycles. The number of aliphatic carboxylic acids is 1. The van der Waals surface area contributed by atoms with Gasteiger partial charge in [0.1, 0.15) is 0 Å². The minimum absolute atomic E-state index is 0.0333. The predicted octanol–water partition coefficient (Wildman–Crippen LogP) is 1.76. The third-order valence-corrected chi connectivity index (χ3v) is 4.33. The van der Waals surface area contributed by atoms with Gasteiger partial charge in [-0.3, -0.25) is 9.59 Å². The molecule has 2 unspecified atom stereocenters. The molecule has 1 saturated carbocycles. The standard InChI is InChI=1S/C15H25NO4/c1-10(2)9-20-11-5-7-16(8-6-11)14(17)12-3-4-13(12)15(18)19/h10-13H,3-9H2,1-2H3,(H,18,19). The number of piperidine rings is 1. The van der Waals surface area contributed by atoms with E-state index in [-0.39, 0.29) is 17.9 Å². The molecule has 2 rings (SSSR count). The predicted molar refractivity (Wildman–Crippen MR) is 74.2 cm³/mol. The van der Waals surface area contributed by atoms with Gasteiger partial charge in [0.2, 0.25) is 5.91 Å². The Morgan fingerprint density at radius 2 is 1.75 bits per heavy atom. The van der Waals surface area contributed by atoms with Crippen LogP contribution in [-0.4, -0.2) is 47.7 Å². The molecule has 20 heavy (non-hydrogen) atoms. The maximum Gasteiger partial charge on any atom is 0.307 e. The van der Waals surface area contributed by atoms with Gasteiger partial charge in [-0.1, -0.05) is 13.8 Å². The van der Waals surface area contributed by atoms with Gasteiger partial charge in [0, 0.05) is 19.7 Å². The van der Waals surface area contributed by atoms with Gasteiger partial charge < -0.3 is 14.7 Å². The molecule has 1 heterocycles. The molecule has 114 valence electrons. The lowest BCUT2D eigenvalue weighted by Crippen LogP contribution is -2.49. The number of carboxylic acid groups (broad SMARTS) is 1. The van der Waals surface area contributed by atoms with Crippen molar-refractivity contribution in [3.05, 3.63) is 0 Å². The fraction of sp³-hybridized carbons (Fsp3) is 0.867. The van der Waals surface area contributed by atoms with Crippen molar-refractivity contribution in [3.63, 3.8) is 0 Å². The second-order valence-electron chi connectivity index (χ2n) is 6.38. The lowest BCUT2D eigenvalue weighted by atomic mass is 9.72. The zero-order valence-electron chi connectivity index (χ0n) is 12.4. The highest BCUT2D eigenvalue weighted by Crippen LogP contribution is 2.36. The first-order chi connectivity index (χ1) is 9.49. The van der Waals surface area contributed by atoms with E-state index in [0.29, 0.717) is 25.4 Å². The number of amides is 1. The van der Waals surface area contributed by atoms with Crippen LogP contribution in [-0.2, 0) is 14.3 Å². The molecule has 2 fully saturated rings. The van der Waals surface area contributed by atoms with Crippen LogP contribution in [0.1, 0.15) is 39.5 Å². The Hall–Kier alpha value is -1.10. The number of nitrogens with zero attached hydrogens (tertiary/aromatic N) is 1. The van der Waals surface area contributed by atoms with Crippen molar-refractivity contribution >= 4 is 11.9 Å². The molecule has 1 amide bonds. The molecule has 2 aliphatic rings. The van der Waals surface area contributed by atoms with Gasteiger partial charge >= 0.3 is 5.97 Å². The molecule has 0 aromatic carbocycles. The van der Waals surface area contributed by atoms with Gasteiger partial charge in [0.15, 0.2) is 0 Å². The van der Waals surface area contributed by atoms with Crippen LogP contribution in [0.3, 0.4) is 0 Å². The van der Waals surface area contributed by atoms with Crippen molar-refractivity contribution < 1.29 is 19.4 Å². The second-order valence-corrected chi connectivity index (χ2v) is 6.38. The van der Waals surface area contributed by atoms with Gasteiger partial charge in [-0.15, -0.1) is 0 Å². The van der Waals surface area contributed by atoms with Crippen LogP contribution in [0.4, 0.5) is 0 Å². The molecule has 0 spiro atoms. The molecule has 1 aliphatic heterocycles. The number of carbonyl (C=O) groups is 2. The summed E-state index contributed by atoms with van der Waals surface area (Å²) in [4.78, 5) is 25.1. The lowest BCUT2D eigenvalue weighted by molar-refractivity contribution is -0.157. The third kappa shape index (κ3) is 3.51. The smallest absolute Gasteiger partial charge is 0.307 e. The molecule has 5 heteroatoms. The van der Waals surface area contributed by atoms with E-state index in [1.54, 1.807) is 0 Å². The van der Waals surface area contributed by atoms with E-state index >= 15 is 0 Å². The highest BCUT2D eigenvalue weighted by atomic mass is 16.5. The monoisotopic (exact) mass is 283 g/mol. The number of likely N-dealkylation sites (tertiary alicyclic amines) is 1. The molecule has 0 aromatic heterocycles. The van der Waals surface area contributed by atoms with E-state index in [1.165, 1.54) is 0 Å². The normalized spacial score (nSPS) is 27.4. The van der Waals surface area contributed by atoms with Crippen LogP contribution in [0.5, 0.6) is 0 Å². The molecule has 0 radical (unpaired) electrons. The molecular formula is C15H25NO4. The van der Waals surface area contributed by atoms with Crippen LogP contribution in [0.15, 0.2) is 0 Å². The summed E-state index contributed by atoms with van der Waals surface area (Å²) in [6, 6.07) is 0. The fourth-order valence-corrected chi connectivity index (χ4v) is 2.90. The number of carbonyl (C=O) groups excluding carboxylic acids is 1. The largest absolute Gasteiger partial charge is 0.481 e. The fourth-order valence-electron chi connectivity index (χ4n) is 2.90. The summed E-state index contributed by atoms with van der Waals surface area (Å²) in [5.41, 5.74) is 0. The van der Waals surface area contributed by atoms with Crippen molar-refractivity contribution in [1.82, 2.24) is 4.90 Å². The van der Waals surface area contributed by atoms with Gasteiger partial charge in [0.05, 0.1) is 17.9 Å². The summed E-state index contributed by atoms with van der Waals surface area (Å²) in [5.74, 6) is -1.02. The molecule has 1 N–H and O–H groups in total. The van der Waals surface area contributed by atoms with E-state index in [0.717, 1.165) is 25.9 Å². The summed E-state index contributed by atoms with van der Waals surface area (Å²) in [7, 11) is 0. The first-order valence-corrected chi connectivity index (χ1v) is 7.62. The SMILES string of the molecule is CC(C)COC1CCN(C(=O)C2CCC2C(=O)O)CC1. The van der Waals surface area contributed by atoms with Crippen LogP contribution in [0, 0.1) is 17.8 Å². The van der Waals surface area contributed by atoms with Gasteiger partial charge in [-0.05, 0) is 31.6 Å². The van der Waals surface area contributed by atoms with Crippen LogP contribution >= 0.6 is 0 Å². The number of ether oxygens (including phenoxy) is 1. The van der Waals surface area contributed by atoms with Gasteiger partial charge in [-0.2, -0.15) is 0 Å². The average Bonchev–Trinajstić information content (AvgIpc) is 2.34. The molecular weight excluding hydrogens is 258 g/mol. The second kappa shape index (κ2) is 6.57. The molecule has 0 bridgehead atoms. The minimum Gasteiger partial charge on any atom is -0.481 e. The van der Waals surface area contributed by atoms with Crippen molar-refractivity contribution in [3.8, 4) is 0 Å². The zero-order chi connectivity index (χ0) is 14.7. The molecule has 2 atom stereocenters. The lowest BCUT2D eigenvalue weighted by Gasteiger charge is -2.39. The maximum atomic E-state index is 12.3. The van der Waals surface area contributed by atoms with E-state index in [4.69, 9.17) is 9.84 Å². The van der Waals surface area contributed by atoms with Crippen LogP contribution in [0.2, 0.25) is 0 Å². The van der Waals surface area contributed by atoms with E-state index in [2.05, 4.69) is 13.8 Å². The summed E-state index contributed by atoms with van der Waals surface area (Å²) in [6.45, 7) is 6.42. The number of hydrogen-bond donors (Lipinski definition) is 1. The first-order valence-electron chi connectivity index (χ1n) is 7.62. The quantitative estimate of drug-likeness (QED) is 0.835. The number of carboxylic acids is 1. The zero-order valence-corrected chi connectivity index (χ0v) is 12.4. The molecule has 0 aromatic rings. The van der Waals surface area contributed by atoms with Crippen molar-refractivity contribution in [2.75, 3.05) is 19.7 Å². The Morgan fingerprint density at radius 1 is 1.15 bits per heavy atom. The third-order valence-electron chi connectivity index (χ3n) is 4.33. The Kier molecular flexibility index (Phi) is 5.02. The van der Waals surface area contributed by atoms with Crippen LogP contribution < -0.4 is 0 Å². The van der Waals surface area contributed by atoms with Crippen LogP contribution in [0.25, 0.3) is 0 Å². The van der Waals surface area contributed by atoms with Gasteiger partial charge in [0.25, 0.3) is 0 Å². The Bertz CT molecular complexity index is 361. The summed E-state index contributed by atoms with van der Waals surface area (Å²) < 4.78 is 5.80. The summed E-state index contributed by atoms with van der Waals surface area (Å²) >= 11 is 0. The Morgan fingerprint density at radius 3 is 2.20 bits per heavy atom. The van der Waals surface area contributed by atoms with E-state index in [9.17, 15) is 9.59 Å². The summed E-state index contributed by atoms with van der Waals surface area (Å²) in [5, 5.41) is 9.02. The molecule has 5 nitrogen and oxygen atoms in total. The summed E-state index contributed by atoms with van der Waals surface area (Å²) in [6.07, 6.45) is 3.34. The van der Waals surface area contributed by atoms with Crippen molar-refractivity contribution in [1.29, 1.82) is 0 Å². The number of rotatable bonds is 5. The first kappa shape index (κ1) is 15.3. The maximum absolute atomic E-state index is 12.3. The number of hydrogen-bond acceptors (Lipinski definition) is 3. The highest BCUT2D eigenvalue weighted by Gasteiger charge is 2.43. The Labute approximate surface area is 120 Å². The van der Waals surface area contributed by atoms with Crippen molar-refractivity contribution in [2.24, 2.45) is 17.8 Å². The van der Waals surface area contributed by atoms with Gasteiger partial charge in [-0.25, -0.2) is 0 Å².